The van der Waals surface area contributed by atoms with Gasteiger partial charge in [-0.1, -0.05) is 24.3 Å². The number of carbonyl (C=O) groups excluding carboxylic acids is 2. The minimum absolute atomic E-state index is 0.0756. The molecule has 1 aromatic heterocycles. The number of benzene rings is 1. The molecule has 0 aliphatic carbocycles. The molecule has 0 spiro atoms. The fourth-order valence-electron chi connectivity index (χ4n) is 3.61. The summed E-state index contributed by atoms with van der Waals surface area (Å²) in [4.78, 5) is 25.8. The van der Waals surface area contributed by atoms with E-state index in [0.29, 0.717) is 17.9 Å². The van der Waals surface area contributed by atoms with Crippen LogP contribution in [-0.4, -0.2) is 46.6 Å². The van der Waals surface area contributed by atoms with Gasteiger partial charge in [-0.15, -0.1) is 0 Å². The van der Waals surface area contributed by atoms with Crippen molar-refractivity contribution < 1.29 is 9.59 Å². The number of carbonyl (C=O) groups is 2. The lowest BCUT2D eigenvalue weighted by Gasteiger charge is -2.32. The number of amides is 2. The van der Waals surface area contributed by atoms with Crippen molar-refractivity contribution in [2.24, 2.45) is 13.0 Å². The van der Waals surface area contributed by atoms with E-state index in [0.717, 1.165) is 38.8 Å². The summed E-state index contributed by atoms with van der Waals surface area (Å²) in [5.74, 6) is 0.772. The van der Waals surface area contributed by atoms with Crippen LogP contribution in [0.15, 0.2) is 36.7 Å². The van der Waals surface area contributed by atoms with Crippen molar-refractivity contribution in [3.63, 3.8) is 0 Å². The molecule has 6 nitrogen and oxygen atoms in total. The molecule has 1 saturated heterocycles. The fraction of sp³-hybridized carbons (Fsp3) is 0.476. The highest BCUT2D eigenvalue weighted by Crippen LogP contribution is 2.23. The molecule has 1 aliphatic rings. The van der Waals surface area contributed by atoms with Crippen molar-refractivity contribution in [2.45, 2.75) is 32.1 Å². The van der Waals surface area contributed by atoms with Crippen molar-refractivity contribution in [1.29, 1.82) is 0 Å². The summed E-state index contributed by atoms with van der Waals surface area (Å²) in [6.45, 7) is 1.62. The smallest absolute Gasteiger partial charge is 0.257 e. The SMILES string of the molecule is CNC(=O)CCc1ccc(CC2CCN(C(=O)c3cnn(C)c3)CC2)cc1. The van der Waals surface area contributed by atoms with Gasteiger partial charge in [0.25, 0.3) is 5.91 Å². The average molecular weight is 368 g/mol. The van der Waals surface area contributed by atoms with Gasteiger partial charge in [0.15, 0.2) is 0 Å². The molecule has 3 rings (SSSR count). The Bertz CT molecular complexity index is 774. The molecule has 2 heterocycles. The Hall–Kier alpha value is -2.63. The van der Waals surface area contributed by atoms with Crippen LogP contribution in [0.2, 0.25) is 0 Å². The number of aromatic nitrogens is 2. The largest absolute Gasteiger partial charge is 0.359 e. The van der Waals surface area contributed by atoms with Crippen LogP contribution >= 0.6 is 0 Å². The lowest BCUT2D eigenvalue weighted by Crippen LogP contribution is -2.38. The van der Waals surface area contributed by atoms with Gasteiger partial charge in [0.2, 0.25) is 5.91 Å². The highest BCUT2D eigenvalue weighted by molar-refractivity contribution is 5.93. The molecule has 1 fully saturated rings. The van der Waals surface area contributed by atoms with E-state index in [2.05, 4.69) is 34.7 Å². The monoisotopic (exact) mass is 368 g/mol. The molecular weight excluding hydrogens is 340 g/mol. The Morgan fingerprint density at radius 3 is 2.41 bits per heavy atom. The van der Waals surface area contributed by atoms with Gasteiger partial charge in [0.05, 0.1) is 11.8 Å². The number of rotatable bonds is 6. The van der Waals surface area contributed by atoms with Crippen molar-refractivity contribution in [3.05, 3.63) is 53.3 Å². The summed E-state index contributed by atoms with van der Waals surface area (Å²) in [5, 5.41) is 6.74. The molecule has 0 unspecified atom stereocenters. The second-order valence-electron chi connectivity index (χ2n) is 7.33. The first-order valence-corrected chi connectivity index (χ1v) is 9.61. The molecule has 0 radical (unpaired) electrons. The maximum absolute atomic E-state index is 12.5. The molecule has 144 valence electrons. The van der Waals surface area contributed by atoms with E-state index in [1.165, 1.54) is 11.1 Å². The van der Waals surface area contributed by atoms with E-state index >= 15 is 0 Å². The zero-order valence-corrected chi connectivity index (χ0v) is 16.1. The lowest BCUT2D eigenvalue weighted by atomic mass is 9.89. The summed E-state index contributed by atoms with van der Waals surface area (Å²) in [5.41, 5.74) is 3.19. The fourth-order valence-corrected chi connectivity index (χ4v) is 3.61. The third kappa shape index (κ3) is 5.18. The van der Waals surface area contributed by atoms with Crippen LogP contribution in [0, 0.1) is 5.92 Å². The third-order valence-electron chi connectivity index (χ3n) is 5.32. The maximum Gasteiger partial charge on any atom is 0.257 e. The third-order valence-corrected chi connectivity index (χ3v) is 5.32. The molecule has 1 aromatic carbocycles. The van der Waals surface area contributed by atoms with Crippen molar-refractivity contribution in [2.75, 3.05) is 20.1 Å². The average Bonchev–Trinajstić information content (AvgIpc) is 3.13. The topological polar surface area (TPSA) is 67.2 Å². The van der Waals surface area contributed by atoms with Crippen LogP contribution in [0.25, 0.3) is 0 Å². The minimum Gasteiger partial charge on any atom is -0.359 e. The molecule has 2 aromatic rings. The zero-order valence-electron chi connectivity index (χ0n) is 16.1. The molecule has 0 saturated carbocycles. The molecular formula is C21H28N4O2. The Labute approximate surface area is 160 Å². The van der Waals surface area contributed by atoms with Gasteiger partial charge in [-0.3, -0.25) is 14.3 Å². The maximum atomic E-state index is 12.5. The molecule has 1 aliphatic heterocycles. The van der Waals surface area contributed by atoms with Crippen molar-refractivity contribution in [1.82, 2.24) is 20.0 Å². The van der Waals surface area contributed by atoms with Crippen molar-refractivity contribution in [3.8, 4) is 0 Å². The highest BCUT2D eigenvalue weighted by Gasteiger charge is 2.24. The molecule has 0 bridgehead atoms. The van der Waals surface area contributed by atoms with E-state index in [1.54, 1.807) is 24.1 Å². The van der Waals surface area contributed by atoms with Gasteiger partial charge in [-0.05, 0) is 42.7 Å². The van der Waals surface area contributed by atoms with E-state index in [4.69, 9.17) is 0 Å². The Morgan fingerprint density at radius 2 is 1.81 bits per heavy atom. The molecule has 6 heteroatoms. The van der Waals surface area contributed by atoms with E-state index in [1.807, 2.05) is 11.9 Å². The molecule has 1 N–H and O–H groups in total. The van der Waals surface area contributed by atoms with Crippen LogP contribution in [0.5, 0.6) is 0 Å². The van der Waals surface area contributed by atoms with E-state index in [-0.39, 0.29) is 11.8 Å². The van der Waals surface area contributed by atoms with Crippen LogP contribution in [0.1, 0.15) is 40.7 Å². The highest BCUT2D eigenvalue weighted by atomic mass is 16.2. The summed E-state index contributed by atoms with van der Waals surface area (Å²) in [6, 6.07) is 8.59. The number of piperidine rings is 1. The first-order chi connectivity index (χ1) is 13.0. The predicted molar refractivity (Wildman–Crippen MR) is 104 cm³/mol. The first kappa shape index (κ1) is 19.1. The predicted octanol–water partition coefficient (Wildman–Crippen LogP) is 2.19. The Kier molecular flexibility index (Phi) is 6.27. The van der Waals surface area contributed by atoms with Crippen molar-refractivity contribution >= 4 is 11.8 Å². The Balaban J connectivity index is 1.46. The quantitative estimate of drug-likeness (QED) is 0.850. The van der Waals surface area contributed by atoms with Gasteiger partial charge in [-0.2, -0.15) is 5.10 Å². The second kappa shape index (κ2) is 8.84. The molecule has 2 amide bonds. The Morgan fingerprint density at radius 1 is 1.15 bits per heavy atom. The summed E-state index contributed by atoms with van der Waals surface area (Å²) >= 11 is 0. The van der Waals surface area contributed by atoms with Gasteiger partial charge in [0.1, 0.15) is 0 Å². The number of likely N-dealkylation sites (tertiary alicyclic amines) is 1. The first-order valence-electron chi connectivity index (χ1n) is 9.61. The van der Waals surface area contributed by atoms with Gasteiger partial charge >= 0.3 is 0 Å². The summed E-state index contributed by atoms with van der Waals surface area (Å²) < 4.78 is 1.66. The molecule has 0 atom stereocenters. The summed E-state index contributed by atoms with van der Waals surface area (Å²) in [6.07, 6.45) is 7.83. The van der Waals surface area contributed by atoms with E-state index < -0.39 is 0 Å². The normalized spacial score (nSPS) is 15.0. The number of nitrogens with zero attached hydrogens (tertiary/aromatic N) is 3. The van der Waals surface area contributed by atoms with Crippen LogP contribution in [0.3, 0.4) is 0 Å². The van der Waals surface area contributed by atoms with Crippen LogP contribution in [0.4, 0.5) is 0 Å². The van der Waals surface area contributed by atoms with Gasteiger partial charge in [-0.25, -0.2) is 0 Å². The summed E-state index contributed by atoms with van der Waals surface area (Å²) in [7, 11) is 3.49. The number of aryl methyl sites for hydroxylation is 2. The number of nitrogens with one attached hydrogen (secondary N) is 1. The minimum atomic E-state index is 0.0756. The number of hydrogen-bond acceptors (Lipinski definition) is 3. The number of hydrogen-bond donors (Lipinski definition) is 1. The lowest BCUT2D eigenvalue weighted by molar-refractivity contribution is -0.120. The van der Waals surface area contributed by atoms with Gasteiger partial charge < -0.3 is 10.2 Å². The standard InChI is InChI=1S/C21H28N4O2/c1-22-20(26)8-7-16-3-5-17(6-4-16)13-18-9-11-25(12-10-18)21(27)19-14-23-24(2)15-19/h3-6,14-15,18H,7-13H2,1-2H3,(H,22,26). The zero-order chi connectivity index (χ0) is 19.2. The molecule has 27 heavy (non-hydrogen) atoms. The van der Waals surface area contributed by atoms with Gasteiger partial charge in [0, 0.05) is 39.8 Å². The van der Waals surface area contributed by atoms with Crippen LogP contribution in [-0.2, 0) is 24.7 Å². The van der Waals surface area contributed by atoms with E-state index in [9.17, 15) is 9.59 Å². The van der Waals surface area contributed by atoms with Crippen LogP contribution < -0.4 is 5.32 Å². The second-order valence-corrected chi connectivity index (χ2v) is 7.33.